The van der Waals surface area contributed by atoms with Gasteiger partial charge in [0.05, 0.1) is 0 Å². The molecule has 0 aromatic carbocycles. The number of ketones is 1. The quantitative estimate of drug-likeness (QED) is 0.606. The lowest BCUT2D eigenvalue weighted by Gasteiger charge is -1.97. The van der Waals surface area contributed by atoms with E-state index in [1.807, 2.05) is 0 Å². The fraction of sp³-hybridized carbons (Fsp3) is 0.250. The molecule has 1 aromatic heterocycles. The van der Waals surface area contributed by atoms with E-state index in [9.17, 15) is 9.59 Å². The van der Waals surface area contributed by atoms with Gasteiger partial charge in [-0.2, -0.15) is 0 Å². The topological polar surface area (TPSA) is 49.9 Å². The normalized spacial score (nSPS) is 9.64. The summed E-state index contributed by atoms with van der Waals surface area (Å²) >= 11 is 0. The van der Waals surface area contributed by atoms with Crippen molar-refractivity contribution >= 4 is 5.78 Å². The summed E-state index contributed by atoms with van der Waals surface area (Å²) in [5, 5.41) is 0. The van der Waals surface area contributed by atoms with E-state index in [1.165, 1.54) is 19.2 Å². The third-order valence-corrected chi connectivity index (χ3v) is 1.51. The van der Waals surface area contributed by atoms with Crippen molar-refractivity contribution in [2.45, 2.75) is 13.8 Å². The molecule has 0 bridgehead atoms. The lowest BCUT2D eigenvalue weighted by Crippen LogP contribution is -2.08. The van der Waals surface area contributed by atoms with Crippen molar-refractivity contribution in [1.82, 2.24) is 4.98 Å². The third-order valence-electron chi connectivity index (χ3n) is 1.51. The maximum atomic E-state index is 10.9. The van der Waals surface area contributed by atoms with Gasteiger partial charge in [0.1, 0.15) is 0 Å². The van der Waals surface area contributed by atoms with Gasteiger partial charge in [0.15, 0.2) is 5.78 Å². The number of hydrogen-bond donors (Lipinski definition) is 1. The molecule has 3 nitrogen and oxygen atoms in total. The number of pyridine rings is 1. The minimum Gasteiger partial charge on any atom is -0.328 e. The fourth-order valence-electron chi connectivity index (χ4n) is 0.952. The van der Waals surface area contributed by atoms with Crippen LogP contribution in [0.25, 0.3) is 0 Å². The Kier molecular flexibility index (Phi) is 1.89. The Hall–Kier alpha value is -1.38. The summed E-state index contributed by atoms with van der Waals surface area (Å²) in [5.41, 5.74) is 1.12. The molecule has 1 N–H and O–H groups in total. The van der Waals surface area contributed by atoms with Gasteiger partial charge in [-0.15, -0.1) is 0 Å². The lowest BCUT2D eigenvalue weighted by atomic mass is 10.1. The van der Waals surface area contributed by atoms with E-state index in [0.29, 0.717) is 5.56 Å². The second-order valence-electron chi connectivity index (χ2n) is 2.45. The van der Waals surface area contributed by atoms with Crippen molar-refractivity contribution in [3.63, 3.8) is 0 Å². The fourth-order valence-corrected chi connectivity index (χ4v) is 0.952. The van der Waals surface area contributed by atoms with Gasteiger partial charge in [-0.3, -0.25) is 9.59 Å². The SMILES string of the molecule is CC(=O)c1c[nH]c(=O)cc1C. The van der Waals surface area contributed by atoms with E-state index in [-0.39, 0.29) is 11.3 Å². The Bertz CT molecular complexity index is 338. The molecule has 11 heavy (non-hydrogen) atoms. The van der Waals surface area contributed by atoms with Crippen LogP contribution in [0.2, 0.25) is 0 Å². The highest BCUT2D eigenvalue weighted by Gasteiger charge is 2.02. The number of carbonyl (C=O) groups is 1. The van der Waals surface area contributed by atoms with Crippen molar-refractivity contribution in [1.29, 1.82) is 0 Å². The van der Waals surface area contributed by atoms with Crippen molar-refractivity contribution in [3.8, 4) is 0 Å². The number of aryl methyl sites for hydroxylation is 1. The first-order valence-corrected chi connectivity index (χ1v) is 3.31. The number of carbonyl (C=O) groups excluding carboxylic acids is 1. The summed E-state index contributed by atoms with van der Waals surface area (Å²) in [5.74, 6) is -0.0289. The minimum atomic E-state index is -0.174. The molecule has 0 radical (unpaired) electrons. The maximum absolute atomic E-state index is 10.9. The Morgan fingerprint density at radius 2 is 2.18 bits per heavy atom. The highest BCUT2D eigenvalue weighted by molar-refractivity contribution is 5.95. The molecule has 0 aliphatic heterocycles. The summed E-state index contributed by atoms with van der Waals surface area (Å²) in [6.07, 6.45) is 1.44. The standard InChI is InChI=1S/C8H9NO2/c1-5-3-8(11)9-4-7(5)6(2)10/h3-4H,1-2H3,(H,9,11). The second kappa shape index (κ2) is 2.70. The zero-order chi connectivity index (χ0) is 8.43. The van der Waals surface area contributed by atoms with Crippen LogP contribution in [0.3, 0.4) is 0 Å². The van der Waals surface area contributed by atoms with Gasteiger partial charge in [0.25, 0.3) is 0 Å². The molecule has 0 fully saturated rings. The first-order chi connectivity index (χ1) is 5.11. The number of hydrogen-bond acceptors (Lipinski definition) is 2. The Morgan fingerprint density at radius 1 is 1.55 bits per heavy atom. The van der Waals surface area contributed by atoms with E-state index < -0.39 is 0 Å². The van der Waals surface area contributed by atoms with Gasteiger partial charge < -0.3 is 4.98 Å². The summed E-state index contributed by atoms with van der Waals surface area (Å²) < 4.78 is 0. The number of rotatable bonds is 1. The van der Waals surface area contributed by atoms with Gasteiger partial charge in [-0.25, -0.2) is 0 Å². The summed E-state index contributed by atoms with van der Waals surface area (Å²) in [6.45, 7) is 3.21. The van der Waals surface area contributed by atoms with Crippen molar-refractivity contribution in [2.75, 3.05) is 0 Å². The molecule has 0 aliphatic carbocycles. The number of aromatic nitrogens is 1. The molecule has 1 heterocycles. The molecule has 0 saturated carbocycles. The van der Waals surface area contributed by atoms with Crippen LogP contribution in [0.1, 0.15) is 22.8 Å². The highest BCUT2D eigenvalue weighted by atomic mass is 16.1. The van der Waals surface area contributed by atoms with Gasteiger partial charge >= 0.3 is 0 Å². The van der Waals surface area contributed by atoms with Crippen LogP contribution in [-0.2, 0) is 0 Å². The van der Waals surface area contributed by atoms with Crippen LogP contribution in [-0.4, -0.2) is 10.8 Å². The predicted octanol–water partition coefficient (Wildman–Crippen LogP) is 0.886. The summed E-state index contributed by atoms with van der Waals surface area (Å²) in [4.78, 5) is 24.0. The summed E-state index contributed by atoms with van der Waals surface area (Å²) in [7, 11) is 0. The van der Waals surface area contributed by atoms with E-state index in [1.54, 1.807) is 6.92 Å². The van der Waals surface area contributed by atoms with Gasteiger partial charge in [-0.05, 0) is 19.4 Å². The molecular formula is C8H9NO2. The van der Waals surface area contributed by atoms with Gasteiger partial charge in [0, 0.05) is 17.8 Å². The minimum absolute atomic E-state index is 0.0289. The monoisotopic (exact) mass is 151 g/mol. The Morgan fingerprint density at radius 3 is 2.64 bits per heavy atom. The number of H-pyrrole nitrogens is 1. The molecule has 58 valence electrons. The van der Waals surface area contributed by atoms with E-state index in [0.717, 1.165) is 5.56 Å². The first-order valence-electron chi connectivity index (χ1n) is 3.31. The molecule has 0 spiro atoms. The number of Topliss-reactive ketones (excluding diaryl/α,β-unsaturated/α-hetero) is 1. The third kappa shape index (κ3) is 1.55. The molecule has 0 aliphatic rings. The second-order valence-corrected chi connectivity index (χ2v) is 2.45. The molecule has 1 aromatic rings. The molecule has 0 atom stereocenters. The Labute approximate surface area is 64.1 Å². The van der Waals surface area contributed by atoms with Crippen molar-refractivity contribution < 1.29 is 4.79 Å². The van der Waals surface area contributed by atoms with Gasteiger partial charge in [0.2, 0.25) is 5.56 Å². The molecule has 0 amide bonds. The zero-order valence-electron chi connectivity index (χ0n) is 6.47. The first kappa shape index (κ1) is 7.72. The number of aromatic amines is 1. The maximum Gasteiger partial charge on any atom is 0.248 e. The van der Waals surface area contributed by atoms with Crippen LogP contribution >= 0.6 is 0 Å². The largest absolute Gasteiger partial charge is 0.328 e. The smallest absolute Gasteiger partial charge is 0.248 e. The van der Waals surface area contributed by atoms with Crippen molar-refractivity contribution in [3.05, 3.63) is 33.7 Å². The Balaban J connectivity index is 3.31. The predicted molar refractivity (Wildman–Crippen MR) is 41.8 cm³/mol. The molecule has 0 unspecified atom stereocenters. The number of nitrogens with one attached hydrogen (secondary N) is 1. The molecular weight excluding hydrogens is 142 g/mol. The van der Waals surface area contributed by atoms with Crippen LogP contribution in [0.15, 0.2) is 17.1 Å². The van der Waals surface area contributed by atoms with Gasteiger partial charge in [-0.1, -0.05) is 0 Å². The molecule has 3 heteroatoms. The van der Waals surface area contributed by atoms with E-state index >= 15 is 0 Å². The average molecular weight is 151 g/mol. The van der Waals surface area contributed by atoms with Crippen molar-refractivity contribution in [2.24, 2.45) is 0 Å². The van der Waals surface area contributed by atoms with E-state index in [4.69, 9.17) is 0 Å². The van der Waals surface area contributed by atoms with Crippen LogP contribution < -0.4 is 5.56 Å². The average Bonchev–Trinajstić information content (AvgIpc) is 1.85. The van der Waals surface area contributed by atoms with Crippen LogP contribution in [0, 0.1) is 6.92 Å². The molecule has 0 saturated heterocycles. The molecule has 1 rings (SSSR count). The zero-order valence-corrected chi connectivity index (χ0v) is 6.47. The lowest BCUT2D eigenvalue weighted by molar-refractivity contribution is 0.101. The highest BCUT2D eigenvalue weighted by Crippen LogP contribution is 2.02. The summed E-state index contributed by atoms with van der Waals surface area (Å²) in [6, 6.07) is 1.41. The van der Waals surface area contributed by atoms with Crippen LogP contribution in [0.5, 0.6) is 0 Å². The van der Waals surface area contributed by atoms with E-state index in [2.05, 4.69) is 4.98 Å². The van der Waals surface area contributed by atoms with Crippen LogP contribution in [0.4, 0.5) is 0 Å².